The maximum Gasteiger partial charge on any atom is 0.166 e. The van der Waals surface area contributed by atoms with Crippen molar-refractivity contribution in [2.45, 2.75) is 163 Å². The monoisotopic (exact) mass is 845 g/mol. The molecule has 3 aromatic carbocycles. The van der Waals surface area contributed by atoms with Gasteiger partial charge in [-0.3, -0.25) is 0 Å². The molecule has 3 fully saturated rings. The van der Waals surface area contributed by atoms with Gasteiger partial charge in [-0.25, -0.2) is 26.3 Å². The molecular formula is C55H70F6. The predicted octanol–water partition coefficient (Wildman–Crippen LogP) is 17.6. The largest absolute Gasteiger partial charge is 0.203 e. The first-order chi connectivity index (χ1) is 29.0. The van der Waals surface area contributed by atoms with Crippen LogP contribution in [0.5, 0.6) is 0 Å². The molecule has 3 atom stereocenters. The number of halogens is 6. The molecule has 0 aromatic heterocycles. The normalized spacial score (nSPS) is 23.6. The molecule has 0 amide bonds. The van der Waals surface area contributed by atoms with E-state index in [-0.39, 0.29) is 7.43 Å². The number of benzene rings is 3. The van der Waals surface area contributed by atoms with E-state index in [0.717, 1.165) is 110 Å². The summed E-state index contributed by atoms with van der Waals surface area (Å²) in [4.78, 5) is 0. The van der Waals surface area contributed by atoms with Gasteiger partial charge in [-0.05, 0) is 147 Å². The third-order valence-electron chi connectivity index (χ3n) is 15.4. The van der Waals surface area contributed by atoms with Gasteiger partial charge in [0.2, 0.25) is 0 Å². The first-order valence-corrected chi connectivity index (χ1v) is 23.4. The lowest BCUT2D eigenvalue weighted by Crippen LogP contribution is -2.14. The third kappa shape index (κ3) is 11.2. The summed E-state index contributed by atoms with van der Waals surface area (Å²) in [5.74, 6) is 0.802. The van der Waals surface area contributed by atoms with Crippen LogP contribution in [0.2, 0.25) is 0 Å². The van der Waals surface area contributed by atoms with Gasteiger partial charge in [0.25, 0.3) is 0 Å². The van der Waals surface area contributed by atoms with Gasteiger partial charge >= 0.3 is 0 Å². The van der Waals surface area contributed by atoms with Crippen LogP contribution in [0.3, 0.4) is 0 Å². The van der Waals surface area contributed by atoms with E-state index in [1.54, 1.807) is 57.2 Å². The molecule has 3 aromatic rings. The number of rotatable bonds is 6. The molecule has 0 saturated heterocycles. The Kier molecular flexibility index (Phi) is 16.7. The zero-order chi connectivity index (χ0) is 42.3. The second kappa shape index (κ2) is 21.7. The predicted molar refractivity (Wildman–Crippen MR) is 242 cm³/mol. The molecule has 0 bridgehead atoms. The van der Waals surface area contributed by atoms with Gasteiger partial charge in [0.1, 0.15) is 0 Å². The minimum atomic E-state index is -0.693. The topological polar surface area (TPSA) is 0 Å². The second-order valence-electron chi connectivity index (χ2n) is 19.1. The molecule has 6 aliphatic carbocycles. The van der Waals surface area contributed by atoms with Gasteiger partial charge in [0, 0.05) is 16.7 Å². The highest BCUT2D eigenvalue weighted by molar-refractivity contribution is 5.69. The van der Waals surface area contributed by atoms with Crippen molar-refractivity contribution in [1.29, 1.82) is 0 Å². The second-order valence-corrected chi connectivity index (χ2v) is 19.1. The lowest BCUT2D eigenvalue weighted by molar-refractivity contribution is 0.317. The van der Waals surface area contributed by atoms with Crippen LogP contribution < -0.4 is 0 Å². The lowest BCUT2D eigenvalue weighted by Gasteiger charge is -2.27. The quantitative estimate of drug-likeness (QED) is 0.217. The average molecular weight is 845 g/mol. The fourth-order valence-corrected chi connectivity index (χ4v) is 11.6. The van der Waals surface area contributed by atoms with E-state index in [2.05, 4.69) is 18.2 Å². The number of allylic oxidation sites excluding steroid dienone is 6. The van der Waals surface area contributed by atoms with Gasteiger partial charge < -0.3 is 0 Å². The van der Waals surface area contributed by atoms with Crippen LogP contribution in [-0.2, 0) is 0 Å². The minimum absolute atomic E-state index is 0. The lowest BCUT2D eigenvalue weighted by atomic mass is 9.78. The summed E-state index contributed by atoms with van der Waals surface area (Å²) in [7, 11) is 0. The van der Waals surface area contributed by atoms with Gasteiger partial charge in [0.05, 0.1) is 0 Å². The highest BCUT2D eigenvalue weighted by Crippen LogP contribution is 2.44. The van der Waals surface area contributed by atoms with Gasteiger partial charge in [-0.2, -0.15) is 0 Å². The first-order valence-electron chi connectivity index (χ1n) is 23.4. The molecule has 6 aliphatic rings. The van der Waals surface area contributed by atoms with Crippen molar-refractivity contribution in [1.82, 2.24) is 0 Å². The molecule has 0 radical (unpaired) electrons. The molecule has 0 heterocycles. The van der Waals surface area contributed by atoms with Gasteiger partial charge in [0.15, 0.2) is 34.9 Å². The Morgan fingerprint density at radius 2 is 0.574 bits per heavy atom. The van der Waals surface area contributed by atoms with Crippen molar-refractivity contribution in [2.24, 2.45) is 35.5 Å². The summed E-state index contributed by atoms with van der Waals surface area (Å²) in [5, 5.41) is 0. The maximum absolute atomic E-state index is 14.0. The smallest absolute Gasteiger partial charge is 0.166 e. The Balaban J connectivity index is 0.000000152. The van der Waals surface area contributed by atoms with Crippen molar-refractivity contribution in [3.05, 3.63) is 123 Å². The highest BCUT2D eigenvalue weighted by Gasteiger charge is 2.30. The molecule has 9 rings (SSSR count). The summed E-state index contributed by atoms with van der Waals surface area (Å²) < 4.78 is 83.1. The average Bonchev–Trinajstić information content (AvgIpc) is 4.11. The van der Waals surface area contributed by atoms with Crippen LogP contribution >= 0.6 is 0 Å². The van der Waals surface area contributed by atoms with Crippen LogP contribution in [0.4, 0.5) is 26.3 Å². The minimum Gasteiger partial charge on any atom is -0.203 e. The van der Waals surface area contributed by atoms with Crippen LogP contribution in [-0.4, -0.2) is 0 Å². The zero-order valence-corrected chi connectivity index (χ0v) is 36.3. The van der Waals surface area contributed by atoms with E-state index >= 15 is 0 Å². The fourth-order valence-electron chi connectivity index (χ4n) is 11.6. The Hall–Kier alpha value is -3.54. The van der Waals surface area contributed by atoms with Gasteiger partial charge in [-0.15, -0.1) is 0 Å². The van der Waals surface area contributed by atoms with Crippen molar-refractivity contribution < 1.29 is 26.3 Å². The molecule has 332 valence electrons. The van der Waals surface area contributed by atoms with Crippen LogP contribution in [0, 0.1) is 91.2 Å². The Bertz CT molecular complexity index is 1810. The van der Waals surface area contributed by atoms with Crippen molar-refractivity contribution in [2.75, 3.05) is 0 Å². The molecule has 3 unspecified atom stereocenters. The van der Waals surface area contributed by atoms with E-state index in [1.165, 1.54) is 77.0 Å². The van der Waals surface area contributed by atoms with E-state index in [0.29, 0.717) is 33.4 Å². The Labute approximate surface area is 363 Å². The van der Waals surface area contributed by atoms with E-state index < -0.39 is 34.9 Å². The summed E-state index contributed by atoms with van der Waals surface area (Å²) in [6.45, 7) is 4.81. The number of hydrogen-bond donors (Lipinski definition) is 0. The van der Waals surface area contributed by atoms with Crippen LogP contribution in [0.15, 0.2) is 54.6 Å². The SMILES string of the molecule is C.Cc1ccc(C2=CCC(C3CCCC3)CC2)c(F)c1F.Cc1ccc(C2=CCC(C3CCCC3)CC2)c(F)c1F.Cc1ccc(C2=CCC(C3CCCC3)CC2)c(F)c1F. The molecular weight excluding hydrogens is 775 g/mol. The Morgan fingerprint density at radius 3 is 0.787 bits per heavy atom. The van der Waals surface area contributed by atoms with Crippen molar-refractivity contribution in [3.63, 3.8) is 0 Å². The van der Waals surface area contributed by atoms with Crippen LogP contribution in [0.25, 0.3) is 16.7 Å². The highest BCUT2D eigenvalue weighted by atomic mass is 19.2. The van der Waals surface area contributed by atoms with E-state index in [4.69, 9.17) is 0 Å². The van der Waals surface area contributed by atoms with E-state index in [9.17, 15) is 26.3 Å². The Morgan fingerprint density at radius 1 is 0.328 bits per heavy atom. The van der Waals surface area contributed by atoms with Crippen molar-refractivity contribution in [3.8, 4) is 0 Å². The third-order valence-corrected chi connectivity index (χ3v) is 15.4. The van der Waals surface area contributed by atoms with Crippen molar-refractivity contribution >= 4 is 16.7 Å². The molecule has 0 nitrogen and oxygen atoms in total. The summed E-state index contributed by atoms with van der Waals surface area (Å²) in [6, 6.07) is 10.2. The molecule has 61 heavy (non-hydrogen) atoms. The standard InChI is InChI=1S/3C18H22F2.CH4/c3*1-12-6-11-16(18(20)17(12)19)15-9-7-14(8-10-15)13-4-2-3-5-13;/h3*6,9,11,13-14H,2-5,7-8,10H2,1H3;1H4. The molecule has 3 saturated carbocycles. The summed E-state index contributed by atoms with van der Waals surface area (Å²) in [6.07, 6.45) is 32.0. The van der Waals surface area contributed by atoms with E-state index in [1.807, 2.05) is 0 Å². The molecule has 6 heteroatoms. The molecule has 0 N–H and O–H groups in total. The van der Waals surface area contributed by atoms with Crippen LogP contribution in [0.1, 0.15) is 176 Å². The maximum atomic E-state index is 14.0. The number of hydrogen-bond acceptors (Lipinski definition) is 0. The summed E-state index contributed by atoms with van der Waals surface area (Å²) >= 11 is 0. The number of aryl methyl sites for hydroxylation is 3. The zero-order valence-electron chi connectivity index (χ0n) is 36.3. The fraction of sp³-hybridized carbons (Fsp3) is 0.564. The molecule has 0 aliphatic heterocycles. The first kappa shape index (κ1) is 47.0. The van der Waals surface area contributed by atoms with Gasteiger partial charge in [-0.1, -0.05) is 139 Å². The summed E-state index contributed by atoms with van der Waals surface area (Å²) in [5.41, 5.74) is 5.54. The molecule has 0 spiro atoms.